The number of aromatic nitrogens is 1. The molecule has 3 rings (SSSR count). The molecule has 1 unspecified atom stereocenters. The first-order chi connectivity index (χ1) is 10.1. The summed E-state index contributed by atoms with van der Waals surface area (Å²) in [6.07, 6.45) is 2.32. The summed E-state index contributed by atoms with van der Waals surface area (Å²) in [6.45, 7) is 0.662. The van der Waals surface area contributed by atoms with E-state index in [1.807, 2.05) is 4.57 Å². The van der Waals surface area contributed by atoms with Crippen LogP contribution in [-0.2, 0) is 11.3 Å². The van der Waals surface area contributed by atoms with E-state index in [1.165, 1.54) is 0 Å². The lowest BCUT2D eigenvalue weighted by molar-refractivity contribution is -0.139. The lowest BCUT2D eigenvalue weighted by atomic mass is 10.0. The van der Waals surface area contributed by atoms with Gasteiger partial charge in [0, 0.05) is 12.2 Å². The Morgan fingerprint density at radius 3 is 2.71 bits per heavy atom. The minimum Gasteiger partial charge on any atom is -0.481 e. The van der Waals surface area contributed by atoms with Crippen molar-refractivity contribution in [2.45, 2.75) is 31.7 Å². The molecule has 1 atom stereocenters. The fraction of sp³-hybridized carbons (Fsp3) is 0.333. The molecule has 2 aromatic heterocycles. The van der Waals surface area contributed by atoms with Gasteiger partial charge in [0.2, 0.25) is 5.78 Å². The van der Waals surface area contributed by atoms with Gasteiger partial charge in [-0.3, -0.25) is 9.59 Å². The highest BCUT2D eigenvalue weighted by Gasteiger charge is 2.28. The van der Waals surface area contributed by atoms with Crippen molar-refractivity contribution >= 4 is 27.7 Å². The van der Waals surface area contributed by atoms with Gasteiger partial charge in [0.15, 0.2) is 10.4 Å². The number of furan rings is 1. The third kappa shape index (κ3) is 2.55. The Kier molecular flexibility index (Phi) is 3.71. The molecule has 0 spiro atoms. The molecule has 0 amide bonds. The van der Waals surface area contributed by atoms with Gasteiger partial charge in [-0.2, -0.15) is 0 Å². The monoisotopic (exact) mass is 351 g/mol. The number of halogens is 1. The number of carbonyl (C=O) groups excluding carboxylic acids is 1. The summed E-state index contributed by atoms with van der Waals surface area (Å²) in [7, 11) is 0. The van der Waals surface area contributed by atoms with E-state index in [0.29, 0.717) is 29.0 Å². The van der Waals surface area contributed by atoms with Crippen LogP contribution in [0.1, 0.15) is 47.1 Å². The first-order valence-electron chi connectivity index (χ1n) is 6.80. The van der Waals surface area contributed by atoms with Crippen molar-refractivity contribution < 1.29 is 19.1 Å². The smallest absolute Gasteiger partial charge is 0.312 e. The zero-order valence-corrected chi connectivity index (χ0v) is 12.8. The number of hydrogen-bond donors (Lipinski definition) is 1. The van der Waals surface area contributed by atoms with E-state index in [-0.39, 0.29) is 11.5 Å². The molecule has 0 saturated heterocycles. The Hall–Kier alpha value is -1.82. The van der Waals surface area contributed by atoms with Crippen molar-refractivity contribution in [3.8, 4) is 0 Å². The highest BCUT2D eigenvalue weighted by molar-refractivity contribution is 9.10. The van der Waals surface area contributed by atoms with Gasteiger partial charge in [-0.05, 0) is 53.0 Å². The maximum atomic E-state index is 12.5. The van der Waals surface area contributed by atoms with Crippen LogP contribution in [0, 0.1) is 0 Å². The van der Waals surface area contributed by atoms with Crippen LogP contribution in [0.25, 0.3) is 0 Å². The van der Waals surface area contributed by atoms with Crippen LogP contribution in [0.3, 0.4) is 0 Å². The van der Waals surface area contributed by atoms with Crippen molar-refractivity contribution in [3.63, 3.8) is 0 Å². The summed E-state index contributed by atoms with van der Waals surface area (Å²) in [6, 6.07) is 6.71. The average Bonchev–Trinajstić information content (AvgIpc) is 2.99. The fourth-order valence-corrected chi connectivity index (χ4v) is 3.12. The number of fused-ring (bicyclic) bond motifs is 1. The molecule has 1 aliphatic rings. The highest BCUT2D eigenvalue weighted by Crippen LogP contribution is 2.30. The molecule has 110 valence electrons. The molecule has 0 aliphatic carbocycles. The van der Waals surface area contributed by atoms with E-state index in [4.69, 9.17) is 4.42 Å². The molecule has 0 bridgehead atoms. The fourth-order valence-electron chi connectivity index (χ4n) is 2.81. The lowest BCUT2D eigenvalue weighted by Crippen LogP contribution is -2.16. The van der Waals surface area contributed by atoms with E-state index in [9.17, 15) is 14.7 Å². The summed E-state index contributed by atoms with van der Waals surface area (Å²) in [5.74, 6) is -1.36. The normalized spacial score (nSPS) is 18.0. The number of ketones is 1. The number of carboxylic acids is 1. The zero-order valence-electron chi connectivity index (χ0n) is 11.2. The third-order valence-corrected chi connectivity index (χ3v) is 4.25. The van der Waals surface area contributed by atoms with Crippen molar-refractivity contribution in [2.75, 3.05) is 0 Å². The van der Waals surface area contributed by atoms with E-state index < -0.39 is 11.9 Å². The quantitative estimate of drug-likeness (QED) is 0.859. The molecule has 21 heavy (non-hydrogen) atoms. The SMILES string of the molecule is O=C(c1ccc(Br)o1)c1ccc2n1CCCCC2C(=O)O. The Morgan fingerprint density at radius 1 is 1.24 bits per heavy atom. The van der Waals surface area contributed by atoms with E-state index in [1.54, 1.807) is 24.3 Å². The third-order valence-electron chi connectivity index (χ3n) is 3.82. The van der Waals surface area contributed by atoms with Gasteiger partial charge in [0.25, 0.3) is 0 Å². The average molecular weight is 352 g/mol. The molecule has 2 aromatic rings. The summed E-state index contributed by atoms with van der Waals surface area (Å²) >= 11 is 3.18. The number of aliphatic carboxylic acids is 1. The van der Waals surface area contributed by atoms with Crippen LogP contribution in [0.5, 0.6) is 0 Å². The molecule has 0 radical (unpaired) electrons. The number of carboxylic acid groups (broad SMARTS) is 1. The van der Waals surface area contributed by atoms with Gasteiger partial charge in [0.05, 0.1) is 11.6 Å². The Labute approximate surface area is 129 Å². The Balaban J connectivity index is 2.02. The molecule has 5 nitrogen and oxygen atoms in total. The van der Waals surface area contributed by atoms with E-state index in [2.05, 4.69) is 15.9 Å². The molecular weight excluding hydrogens is 338 g/mol. The van der Waals surface area contributed by atoms with Crippen molar-refractivity contribution in [3.05, 3.63) is 46.1 Å². The van der Waals surface area contributed by atoms with Crippen LogP contribution in [-0.4, -0.2) is 21.4 Å². The van der Waals surface area contributed by atoms with Gasteiger partial charge in [0.1, 0.15) is 0 Å². The number of rotatable bonds is 3. The standard InChI is InChI=1S/C15H14BrNO4/c16-13-7-6-12(21-13)14(18)11-5-4-10-9(15(19)20)3-1-2-8-17(10)11/h4-7,9H,1-3,8H2,(H,19,20). The molecule has 1 aliphatic heterocycles. The van der Waals surface area contributed by atoms with Crippen LogP contribution >= 0.6 is 15.9 Å². The second kappa shape index (κ2) is 5.52. The molecular formula is C15H14BrNO4. The van der Waals surface area contributed by atoms with Gasteiger partial charge >= 0.3 is 5.97 Å². The van der Waals surface area contributed by atoms with Gasteiger partial charge < -0.3 is 14.1 Å². The lowest BCUT2D eigenvalue weighted by Gasteiger charge is -2.12. The Morgan fingerprint density at radius 2 is 2.05 bits per heavy atom. The minimum atomic E-state index is -0.837. The molecule has 1 N–H and O–H groups in total. The summed E-state index contributed by atoms with van der Waals surface area (Å²) in [4.78, 5) is 23.9. The molecule has 0 fully saturated rings. The number of carbonyl (C=O) groups is 2. The number of hydrogen-bond acceptors (Lipinski definition) is 3. The minimum absolute atomic E-state index is 0.224. The van der Waals surface area contributed by atoms with Crippen molar-refractivity contribution in [1.82, 2.24) is 4.57 Å². The zero-order chi connectivity index (χ0) is 15.0. The molecule has 3 heterocycles. The summed E-state index contributed by atoms with van der Waals surface area (Å²) in [5.41, 5.74) is 1.19. The largest absolute Gasteiger partial charge is 0.481 e. The molecule has 0 saturated carbocycles. The van der Waals surface area contributed by atoms with Crippen LogP contribution in [0.4, 0.5) is 0 Å². The van der Waals surface area contributed by atoms with Gasteiger partial charge in [-0.15, -0.1) is 0 Å². The van der Waals surface area contributed by atoms with Gasteiger partial charge in [-0.25, -0.2) is 0 Å². The second-order valence-electron chi connectivity index (χ2n) is 5.11. The first kappa shape index (κ1) is 14.1. The topological polar surface area (TPSA) is 72.4 Å². The maximum absolute atomic E-state index is 12.5. The second-order valence-corrected chi connectivity index (χ2v) is 5.90. The predicted molar refractivity (Wildman–Crippen MR) is 78.5 cm³/mol. The van der Waals surface area contributed by atoms with Crippen LogP contribution in [0.15, 0.2) is 33.4 Å². The van der Waals surface area contributed by atoms with Crippen LogP contribution < -0.4 is 0 Å². The Bertz CT molecular complexity index is 700. The predicted octanol–water partition coefficient (Wildman–Crippen LogP) is 3.43. The summed E-state index contributed by atoms with van der Waals surface area (Å²) < 4.78 is 7.62. The highest BCUT2D eigenvalue weighted by atomic mass is 79.9. The molecule has 6 heteroatoms. The maximum Gasteiger partial charge on any atom is 0.312 e. The summed E-state index contributed by atoms with van der Waals surface area (Å²) in [5, 5.41) is 9.36. The van der Waals surface area contributed by atoms with Crippen LogP contribution in [0.2, 0.25) is 0 Å². The van der Waals surface area contributed by atoms with E-state index >= 15 is 0 Å². The number of nitrogens with zero attached hydrogens (tertiary/aromatic N) is 1. The van der Waals surface area contributed by atoms with Gasteiger partial charge in [-0.1, -0.05) is 6.42 Å². The van der Waals surface area contributed by atoms with Crippen molar-refractivity contribution in [1.29, 1.82) is 0 Å². The van der Waals surface area contributed by atoms with E-state index in [0.717, 1.165) is 12.8 Å². The van der Waals surface area contributed by atoms with Crippen molar-refractivity contribution in [2.24, 2.45) is 0 Å². The first-order valence-corrected chi connectivity index (χ1v) is 7.59. The molecule has 0 aromatic carbocycles.